The number of primary amides is 1. The predicted molar refractivity (Wildman–Crippen MR) is 122 cm³/mol. The number of thioether (sulfide) groups is 1. The van der Waals surface area contributed by atoms with Gasteiger partial charge in [-0.2, -0.15) is 13.2 Å². The topological polar surface area (TPSA) is 87.2 Å². The summed E-state index contributed by atoms with van der Waals surface area (Å²) in [5.41, 5.74) is 0.421. The minimum absolute atomic E-state index is 0.0122. The molecule has 0 unspecified atom stereocenters. The molecule has 2 aromatic carbocycles. The van der Waals surface area contributed by atoms with Crippen LogP contribution in [0.15, 0.2) is 52.2 Å². The Bertz CT molecular complexity index is 1370. The van der Waals surface area contributed by atoms with Gasteiger partial charge in [0.05, 0.1) is 18.0 Å². The highest BCUT2D eigenvalue weighted by molar-refractivity contribution is 8.00. The molecular weight excluding hydrogens is 505 g/mol. The fraction of sp³-hybridized carbons (Fsp3) is 0.292. The number of nitrogens with two attached hydrogens (primary N) is 1. The summed E-state index contributed by atoms with van der Waals surface area (Å²) in [5.74, 6) is -2.69. The standard InChI is InChI=1S/C24H20F5N3O3S/c1-35-18-6-2-12(8-15(18)25)9-20-31-17(23(30)34)11-21(33)32(20)22(13-3-4-13)14-5-7-19(16(26)10-14)36-24(27,28)29/h2,5-8,10-11,13,22H,3-4,9H2,1H3,(H2,30,34)/t22-/m1/s1. The van der Waals surface area contributed by atoms with Crippen LogP contribution in [0.3, 0.4) is 0 Å². The van der Waals surface area contributed by atoms with Gasteiger partial charge in [-0.1, -0.05) is 12.1 Å². The van der Waals surface area contributed by atoms with Crippen LogP contribution < -0.4 is 16.0 Å². The molecule has 1 fully saturated rings. The van der Waals surface area contributed by atoms with Crippen LogP contribution in [-0.4, -0.2) is 28.1 Å². The van der Waals surface area contributed by atoms with E-state index in [2.05, 4.69) is 4.98 Å². The predicted octanol–water partition coefficient (Wildman–Crippen LogP) is 4.83. The first-order valence-electron chi connectivity index (χ1n) is 10.8. The molecule has 12 heteroatoms. The van der Waals surface area contributed by atoms with Crippen molar-refractivity contribution in [1.82, 2.24) is 9.55 Å². The Kier molecular flexibility index (Phi) is 7.07. The summed E-state index contributed by atoms with van der Waals surface area (Å²) in [6.45, 7) is 0. The molecule has 1 aliphatic rings. The fourth-order valence-electron chi connectivity index (χ4n) is 4.04. The van der Waals surface area contributed by atoms with Crippen molar-refractivity contribution in [2.24, 2.45) is 11.7 Å². The van der Waals surface area contributed by atoms with E-state index in [1.165, 1.54) is 29.9 Å². The number of ether oxygens (including phenoxy) is 1. The number of carbonyl (C=O) groups excluding carboxylic acids is 1. The van der Waals surface area contributed by atoms with Crippen molar-refractivity contribution >= 4 is 17.7 Å². The van der Waals surface area contributed by atoms with Gasteiger partial charge in [0.1, 0.15) is 17.3 Å². The lowest BCUT2D eigenvalue weighted by Gasteiger charge is -2.24. The highest BCUT2D eigenvalue weighted by Crippen LogP contribution is 2.45. The van der Waals surface area contributed by atoms with Crippen LogP contribution in [0.1, 0.15) is 46.3 Å². The van der Waals surface area contributed by atoms with E-state index in [4.69, 9.17) is 10.5 Å². The SMILES string of the molecule is COc1ccc(Cc2nc(C(N)=O)cc(=O)n2[C@@H](c2ccc(SC(F)(F)F)c(F)c2)C2CC2)cc1F. The van der Waals surface area contributed by atoms with E-state index in [9.17, 15) is 31.5 Å². The van der Waals surface area contributed by atoms with E-state index < -0.39 is 51.3 Å². The van der Waals surface area contributed by atoms with Crippen LogP contribution in [0.5, 0.6) is 5.75 Å². The molecule has 4 rings (SSSR count). The first-order valence-corrected chi connectivity index (χ1v) is 11.6. The third-order valence-electron chi connectivity index (χ3n) is 5.73. The maximum Gasteiger partial charge on any atom is 0.446 e. The summed E-state index contributed by atoms with van der Waals surface area (Å²) in [6.07, 6.45) is 1.29. The lowest BCUT2D eigenvalue weighted by Crippen LogP contribution is -2.33. The summed E-state index contributed by atoms with van der Waals surface area (Å²) in [7, 11) is 1.31. The zero-order valence-electron chi connectivity index (χ0n) is 18.8. The van der Waals surface area contributed by atoms with Gasteiger partial charge in [-0.05, 0) is 65.9 Å². The lowest BCUT2D eigenvalue weighted by atomic mass is 10.0. The van der Waals surface area contributed by atoms with Crippen molar-refractivity contribution in [3.8, 4) is 5.75 Å². The third-order valence-corrected chi connectivity index (χ3v) is 6.51. The Morgan fingerprint density at radius 3 is 2.44 bits per heavy atom. The van der Waals surface area contributed by atoms with Crippen LogP contribution in [0.25, 0.3) is 0 Å². The zero-order valence-corrected chi connectivity index (χ0v) is 19.6. The van der Waals surface area contributed by atoms with Gasteiger partial charge in [0.2, 0.25) is 0 Å². The molecular formula is C24H20F5N3O3S. The van der Waals surface area contributed by atoms with Gasteiger partial charge in [-0.25, -0.2) is 13.8 Å². The number of rotatable bonds is 8. The molecule has 0 saturated heterocycles. The normalized spacial score (nSPS) is 14.5. The van der Waals surface area contributed by atoms with Crippen molar-refractivity contribution in [2.45, 2.75) is 35.7 Å². The summed E-state index contributed by atoms with van der Waals surface area (Å²) >= 11 is -0.568. The number of carbonyl (C=O) groups is 1. The smallest absolute Gasteiger partial charge is 0.446 e. The molecule has 190 valence electrons. The average molecular weight is 525 g/mol. The molecule has 0 aliphatic heterocycles. The van der Waals surface area contributed by atoms with Gasteiger partial charge in [0.25, 0.3) is 11.5 Å². The van der Waals surface area contributed by atoms with Crippen molar-refractivity contribution in [1.29, 1.82) is 0 Å². The number of aromatic nitrogens is 2. The number of hydrogen-bond donors (Lipinski definition) is 1. The Balaban J connectivity index is 1.82. The number of nitrogens with zero attached hydrogens (tertiary/aromatic N) is 2. The van der Waals surface area contributed by atoms with E-state index in [1.54, 1.807) is 6.07 Å². The van der Waals surface area contributed by atoms with E-state index in [0.717, 1.165) is 18.2 Å². The molecule has 0 spiro atoms. The maximum atomic E-state index is 14.6. The van der Waals surface area contributed by atoms with Crippen molar-refractivity contribution in [2.75, 3.05) is 7.11 Å². The van der Waals surface area contributed by atoms with Gasteiger partial charge < -0.3 is 10.5 Å². The molecule has 0 bridgehead atoms. The van der Waals surface area contributed by atoms with Gasteiger partial charge in [-0.3, -0.25) is 14.2 Å². The summed E-state index contributed by atoms with van der Waals surface area (Å²) in [5, 5.41) is 0. The van der Waals surface area contributed by atoms with E-state index >= 15 is 0 Å². The summed E-state index contributed by atoms with van der Waals surface area (Å²) < 4.78 is 73.4. The minimum Gasteiger partial charge on any atom is -0.494 e. The van der Waals surface area contributed by atoms with Gasteiger partial charge >= 0.3 is 5.51 Å². The number of methoxy groups -OCH3 is 1. The lowest BCUT2D eigenvalue weighted by molar-refractivity contribution is -0.0329. The molecule has 1 heterocycles. The second-order valence-electron chi connectivity index (χ2n) is 8.30. The van der Waals surface area contributed by atoms with E-state index in [1.807, 2.05) is 0 Å². The van der Waals surface area contributed by atoms with Crippen LogP contribution in [0, 0.1) is 17.6 Å². The summed E-state index contributed by atoms with van der Waals surface area (Å²) in [6, 6.07) is 7.69. The molecule has 36 heavy (non-hydrogen) atoms. The first kappa shape index (κ1) is 25.7. The average Bonchev–Trinajstić information content (AvgIpc) is 3.62. The second-order valence-corrected chi connectivity index (χ2v) is 9.40. The van der Waals surface area contributed by atoms with Crippen molar-refractivity contribution in [3.05, 3.63) is 87.1 Å². The number of hydrogen-bond acceptors (Lipinski definition) is 5. The fourth-order valence-corrected chi connectivity index (χ4v) is 4.58. The first-order chi connectivity index (χ1) is 17.0. The largest absolute Gasteiger partial charge is 0.494 e. The summed E-state index contributed by atoms with van der Waals surface area (Å²) in [4.78, 5) is 28.6. The van der Waals surface area contributed by atoms with E-state index in [0.29, 0.717) is 18.4 Å². The number of halogens is 5. The third kappa shape index (κ3) is 5.69. The molecule has 2 N–H and O–H groups in total. The molecule has 1 saturated carbocycles. The van der Waals surface area contributed by atoms with Gasteiger partial charge in [0.15, 0.2) is 11.6 Å². The highest BCUT2D eigenvalue weighted by Gasteiger charge is 2.37. The van der Waals surface area contributed by atoms with E-state index in [-0.39, 0.29) is 35.2 Å². The monoisotopic (exact) mass is 525 g/mol. The Morgan fingerprint density at radius 1 is 1.17 bits per heavy atom. The highest BCUT2D eigenvalue weighted by atomic mass is 32.2. The van der Waals surface area contributed by atoms with Crippen molar-refractivity contribution in [3.63, 3.8) is 0 Å². The van der Waals surface area contributed by atoms with Crippen molar-refractivity contribution < 1.29 is 31.5 Å². The van der Waals surface area contributed by atoms with Gasteiger partial charge in [-0.15, -0.1) is 0 Å². The molecule has 1 amide bonds. The Labute approximate surface area is 206 Å². The maximum absolute atomic E-state index is 14.6. The number of benzene rings is 2. The molecule has 3 aromatic rings. The quantitative estimate of drug-likeness (QED) is 0.336. The Hall–Kier alpha value is -3.41. The second kappa shape index (κ2) is 9.92. The number of amides is 1. The molecule has 1 atom stereocenters. The van der Waals surface area contributed by atoms with Crippen LogP contribution >= 0.6 is 11.8 Å². The minimum atomic E-state index is -4.66. The van der Waals surface area contributed by atoms with Crippen LogP contribution in [0.4, 0.5) is 22.0 Å². The zero-order chi connectivity index (χ0) is 26.2. The molecule has 6 nitrogen and oxygen atoms in total. The molecule has 1 aliphatic carbocycles. The molecule has 0 radical (unpaired) electrons. The Morgan fingerprint density at radius 2 is 1.89 bits per heavy atom. The molecule has 1 aromatic heterocycles. The van der Waals surface area contributed by atoms with Crippen LogP contribution in [0.2, 0.25) is 0 Å². The van der Waals surface area contributed by atoms with Gasteiger partial charge in [0, 0.05) is 12.5 Å². The number of alkyl halides is 3. The van der Waals surface area contributed by atoms with Crippen LogP contribution in [-0.2, 0) is 6.42 Å².